The Kier molecular flexibility index (Phi) is 3.25. The number of alkyl halides is 1. The number of rotatable bonds is 2. The molecule has 0 heterocycles. The van der Waals surface area contributed by atoms with Crippen molar-refractivity contribution in [1.82, 2.24) is 0 Å². The highest BCUT2D eigenvalue weighted by molar-refractivity contribution is 6.29. The lowest BCUT2D eigenvalue weighted by Crippen LogP contribution is -2.13. The SMILES string of the molecule is Cc1cccc(NC(=O)CCl)c1F. The van der Waals surface area contributed by atoms with Gasteiger partial charge in [-0.05, 0) is 18.6 Å². The van der Waals surface area contributed by atoms with E-state index in [-0.39, 0.29) is 11.6 Å². The van der Waals surface area contributed by atoms with Crippen LogP contribution >= 0.6 is 11.6 Å². The average Bonchev–Trinajstić information content (AvgIpc) is 2.13. The summed E-state index contributed by atoms with van der Waals surface area (Å²) in [6, 6.07) is 4.79. The highest BCUT2D eigenvalue weighted by Crippen LogP contribution is 2.16. The Bertz CT molecular complexity index is 327. The van der Waals surface area contributed by atoms with Crippen molar-refractivity contribution >= 4 is 23.2 Å². The molecule has 13 heavy (non-hydrogen) atoms. The summed E-state index contributed by atoms with van der Waals surface area (Å²) in [4.78, 5) is 10.8. The second-order valence-electron chi connectivity index (χ2n) is 2.62. The predicted molar refractivity (Wildman–Crippen MR) is 50.5 cm³/mol. The number of amides is 1. The minimum absolute atomic E-state index is 0.172. The van der Waals surface area contributed by atoms with E-state index in [0.717, 1.165) is 0 Å². The topological polar surface area (TPSA) is 29.1 Å². The second kappa shape index (κ2) is 4.23. The fraction of sp³-hybridized carbons (Fsp3) is 0.222. The summed E-state index contributed by atoms with van der Waals surface area (Å²) in [6.45, 7) is 1.63. The van der Waals surface area contributed by atoms with Crippen LogP contribution < -0.4 is 5.32 Å². The maximum absolute atomic E-state index is 13.2. The van der Waals surface area contributed by atoms with E-state index >= 15 is 0 Å². The van der Waals surface area contributed by atoms with Gasteiger partial charge in [-0.2, -0.15) is 0 Å². The van der Waals surface area contributed by atoms with Crippen molar-refractivity contribution in [3.8, 4) is 0 Å². The van der Waals surface area contributed by atoms with Gasteiger partial charge < -0.3 is 5.32 Å². The Labute approximate surface area is 80.7 Å². The Morgan fingerprint density at radius 1 is 1.62 bits per heavy atom. The Morgan fingerprint density at radius 3 is 2.92 bits per heavy atom. The van der Waals surface area contributed by atoms with Crippen LogP contribution in [-0.2, 0) is 4.79 Å². The molecule has 0 spiro atoms. The molecule has 2 nitrogen and oxygen atoms in total. The van der Waals surface area contributed by atoms with Crippen LogP contribution in [0.3, 0.4) is 0 Å². The van der Waals surface area contributed by atoms with Gasteiger partial charge in [0.25, 0.3) is 0 Å². The molecule has 70 valence electrons. The molecule has 0 aliphatic rings. The minimum Gasteiger partial charge on any atom is -0.323 e. The Balaban J connectivity index is 2.89. The van der Waals surface area contributed by atoms with E-state index in [1.54, 1.807) is 19.1 Å². The highest BCUT2D eigenvalue weighted by Gasteiger charge is 2.06. The van der Waals surface area contributed by atoms with Gasteiger partial charge in [0, 0.05) is 0 Å². The third-order valence-corrected chi connectivity index (χ3v) is 1.83. The second-order valence-corrected chi connectivity index (χ2v) is 2.89. The monoisotopic (exact) mass is 201 g/mol. The number of hydrogen-bond donors (Lipinski definition) is 1. The lowest BCUT2D eigenvalue weighted by atomic mass is 10.2. The summed E-state index contributed by atoms with van der Waals surface area (Å²) in [6.07, 6.45) is 0. The summed E-state index contributed by atoms with van der Waals surface area (Å²) in [5, 5.41) is 2.35. The quantitative estimate of drug-likeness (QED) is 0.731. The van der Waals surface area contributed by atoms with E-state index < -0.39 is 11.7 Å². The van der Waals surface area contributed by atoms with Gasteiger partial charge in [-0.3, -0.25) is 4.79 Å². The molecule has 1 rings (SSSR count). The van der Waals surface area contributed by atoms with E-state index in [1.807, 2.05) is 0 Å². The van der Waals surface area contributed by atoms with Crippen LogP contribution in [0, 0.1) is 12.7 Å². The first kappa shape index (κ1) is 9.99. The Morgan fingerprint density at radius 2 is 2.31 bits per heavy atom. The summed E-state index contributed by atoms with van der Waals surface area (Å²) < 4.78 is 13.2. The zero-order chi connectivity index (χ0) is 9.84. The normalized spacial score (nSPS) is 9.77. The summed E-state index contributed by atoms with van der Waals surface area (Å²) in [5.41, 5.74) is 0.665. The molecule has 0 fully saturated rings. The van der Waals surface area contributed by atoms with E-state index in [0.29, 0.717) is 5.56 Å². The molecule has 0 atom stereocenters. The lowest BCUT2D eigenvalue weighted by molar-refractivity contribution is -0.113. The van der Waals surface area contributed by atoms with Crippen LogP contribution in [0.5, 0.6) is 0 Å². The molecule has 0 aromatic heterocycles. The van der Waals surface area contributed by atoms with E-state index in [2.05, 4.69) is 5.32 Å². The maximum Gasteiger partial charge on any atom is 0.239 e. The summed E-state index contributed by atoms with van der Waals surface area (Å²) in [7, 11) is 0. The van der Waals surface area contributed by atoms with Crippen molar-refractivity contribution in [3.63, 3.8) is 0 Å². The zero-order valence-corrected chi connectivity index (χ0v) is 7.86. The van der Waals surface area contributed by atoms with Crippen LogP contribution in [-0.4, -0.2) is 11.8 Å². The molecule has 1 amide bonds. The highest BCUT2D eigenvalue weighted by atomic mass is 35.5. The number of nitrogens with one attached hydrogen (secondary N) is 1. The molecule has 0 radical (unpaired) electrons. The fourth-order valence-corrected chi connectivity index (χ4v) is 0.994. The zero-order valence-electron chi connectivity index (χ0n) is 7.10. The van der Waals surface area contributed by atoms with Crippen LogP contribution in [0.2, 0.25) is 0 Å². The molecule has 1 aromatic carbocycles. The van der Waals surface area contributed by atoms with Crippen molar-refractivity contribution < 1.29 is 9.18 Å². The number of hydrogen-bond acceptors (Lipinski definition) is 1. The van der Waals surface area contributed by atoms with Gasteiger partial charge in [-0.1, -0.05) is 12.1 Å². The van der Waals surface area contributed by atoms with Crippen LogP contribution in [0.1, 0.15) is 5.56 Å². The minimum atomic E-state index is -0.416. The third kappa shape index (κ3) is 2.42. The first-order valence-corrected chi connectivity index (χ1v) is 4.29. The predicted octanol–water partition coefficient (Wildman–Crippen LogP) is 2.31. The molecule has 0 aliphatic heterocycles. The van der Waals surface area contributed by atoms with E-state index in [1.165, 1.54) is 6.07 Å². The molecule has 1 aromatic rings. The van der Waals surface area contributed by atoms with Gasteiger partial charge in [0.15, 0.2) is 0 Å². The van der Waals surface area contributed by atoms with Gasteiger partial charge in [-0.25, -0.2) is 4.39 Å². The largest absolute Gasteiger partial charge is 0.323 e. The molecular weight excluding hydrogens is 193 g/mol. The van der Waals surface area contributed by atoms with Crippen molar-refractivity contribution in [2.45, 2.75) is 6.92 Å². The average molecular weight is 202 g/mol. The molecule has 0 saturated carbocycles. The molecule has 4 heteroatoms. The number of anilines is 1. The number of halogens is 2. The molecule has 0 unspecified atom stereocenters. The number of benzene rings is 1. The first-order valence-electron chi connectivity index (χ1n) is 3.76. The van der Waals surface area contributed by atoms with Gasteiger partial charge in [0.05, 0.1) is 5.69 Å². The third-order valence-electron chi connectivity index (χ3n) is 1.59. The number of carbonyl (C=O) groups excluding carboxylic acids is 1. The maximum atomic E-state index is 13.2. The van der Waals surface area contributed by atoms with E-state index in [4.69, 9.17) is 11.6 Å². The Hall–Kier alpha value is -1.09. The van der Waals surface area contributed by atoms with Gasteiger partial charge >= 0.3 is 0 Å². The van der Waals surface area contributed by atoms with Crippen molar-refractivity contribution in [1.29, 1.82) is 0 Å². The first-order chi connectivity index (χ1) is 6.15. The molecule has 0 bridgehead atoms. The lowest BCUT2D eigenvalue weighted by Gasteiger charge is -2.05. The molecule has 0 aliphatic carbocycles. The molecular formula is C9H9ClFNO. The smallest absolute Gasteiger partial charge is 0.239 e. The van der Waals surface area contributed by atoms with Gasteiger partial charge in [-0.15, -0.1) is 11.6 Å². The van der Waals surface area contributed by atoms with Crippen LogP contribution in [0.4, 0.5) is 10.1 Å². The van der Waals surface area contributed by atoms with E-state index in [9.17, 15) is 9.18 Å². The van der Waals surface area contributed by atoms with Crippen LogP contribution in [0.25, 0.3) is 0 Å². The van der Waals surface area contributed by atoms with Crippen molar-refractivity contribution in [3.05, 3.63) is 29.6 Å². The molecule has 1 N–H and O–H groups in total. The van der Waals surface area contributed by atoms with Gasteiger partial charge in [0.1, 0.15) is 11.7 Å². The van der Waals surface area contributed by atoms with Gasteiger partial charge in [0.2, 0.25) is 5.91 Å². The molecule has 0 saturated heterocycles. The fourth-order valence-electron chi connectivity index (χ4n) is 0.928. The van der Waals surface area contributed by atoms with Crippen molar-refractivity contribution in [2.24, 2.45) is 0 Å². The standard InChI is InChI=1S/C9H9ClFNO/c1-6-3-2-4-7(9(6)11)12-8(13)5-10/h2-4H,5H2,1H3,(H,12,13). The number of carbonyl (C=O) groups is 1. The summed E-state index contributed by atoms with van der Waals surface area (Å²) >= 11 is 5.26. The van der Waals surface area contributed by atoms with Crippen molar-refractivity contribution in [2.75, 3.05) is 11.2 Å². The summed E-state index contributed by atoms with van der Waals surface area (Å²) in [5.74, 6) is -1.000. The number of aryl methyl sites for hydroxylation is 1. The van der Waals surface area contributed by atoms with Crippen LogP contribution in [0.15, 0.2) is 18.2 Å².